The molecule has 0 aliphatic carbocycles. The predicted molar refractivity (Wildman–Crippen MR) is 104 cm³/mol. The third-order valence-corrected chi connectivity index (χ3v) is 5.46. The Morgan fingerprint density at radius 1 is 1.15 bits per heavy atom. The summed E-state index contributed by atoms with van der Waals surface area (Å²) in [6, 6.07) is 10.8. The van der Waals surface area contributed by atoms with E-state index in [9.17, 15) is 9.59 Å². The van der Waals surface area contributed by atoms with Gasteiger partial charge in [-0.2, -0.15) is 0 Å². The van der Waals surface area contributed by atoms with Crippen molar-refractivity contribution in [3.05, 3.63) is 59.5 Å². The maximum atomic E-state index is 13.2. The van der Waals surface area contributed by atoms with E-state index >= 15 is 0 Å². The van der Waals surface area contributed by atoms with Gasteiger partial charge < -0.3 is 20.0 Å². The summed E-state index contributed by atoms with van der Waals surface area (Å²) in [6.45, 7) is 2.39. The summed E-state index contributed by atoms with van der Waals surface area (Å²) >= 11 is 0. The van der Waals surface area contributed by atoms with Gasteiger partial charge in [0.1, 0.15) is 6.04 Å². The summed E-state index contributed by atoms with van der Waals surface area (Å²) in [7, 11) is 0. The number of amides is 2. The van der Waals surface area contributed by atoms with E-state index in [2.05, 4.69) is 0 Å². The molecule has 1 fully saturated rings. The first kappa shape index (κ1) is 19.5. The van der Waals surface area contributed by atoms with Crippen LogP contribution in [-0.4, -0.2) is 47.3 Å². The quantitative estimate of drug-likeness (QED) is 0.871. The van der Waals surface area contributed by atoms with Crippen LogP contribution >= 0.6 is 12.4 Å². The molecule has 144 valence electrons. The zero-order valence-corrected chi connectivity index (χ0v) is 15.9. The normalized spacial score (nSPS) is 21.5. The van der Waals surface area contributed by atoms with Crippen molar-refractivity contribution in [1.29, 1.82) is 0 Å². The first-order valence-corrected chi connectivity index (χ1v) is 9.07. The smallest absolute Gasteiger partial charge is 0.290 e. The molecule has 2 aliphatic heterocycles. The largest absolute Gasteiger partial charge is 0.459 e. The van der Waals surface area contributed by atoms with Gasteiger partial charge in [0.25, 0.3) is 5.91 Å². The van der Waals surface area contributed by atoms with Crippen molar-refractivity contribution in [2.24, 2.45) is 11.7 Å². The Labute approximate surface area is 164 Å². The molecule has 1 aromatic carbocycles. The van der Waals surface area contributed by atoms with Gasteiger partial charge >= 0.3 is 0 Å². The number of furan rings is 1. The van der Waals surface area contributed by atoms with Gasteiger partial charge in [-0.3, -0.25) is 9.59 Å². The first-order chi connectivity index (χ1) is 12.7. The maximum Gasteiger partial charge on any atom is 0.290 e. The highest BCUT2D eigenvalue weighted by molar-refractivity contribution is 5.96. The standard InChI is InChI=1S/C20H23N3O3.ClH/c21-11-14-7-8-22(12-14)19(24)17-10-15-4-1-2-5-16(15)13-23(17)20(25)18-6-3-9-26-18;/h1-6,9,14,17H,7-8,10-13,21H2;1H. The number of carbonyl (C=O) groups excluding carboxylic acids is 2. The van der Waals surface area contributed by atoms with E-state index in [1.54, 1.807) is 17.0 Å². The van der Waals surface area contributed by atoms with E-state index in [1.165, 1.54) is 6.26 Å². The van der Waals surface area contributed by atoms with E-state index in [4.69, 9.17) is 10.2 Å². The van der Waals surface area contributed by atoms with Crippen molar-refractivity contribution in [3.8, 4) is 0 Å². The number of nitrogens with two attached hydrogens (primary N) is 1. The number of rotatable bonds is 3. The van der Waals surface area contributed by atoms with Crippen LogP contribution in [0.5, 0.6) is 0 Å². The Morgan fingerprint density at radius 2 is 1.93 bits per heavy atom. The Hall–Kier alpha value is -2.31. The fourth-order valence-corrected chi connectivity index (χ4v) is 3.93. The highest BCUT2D eigenvalue weighted by Gasteiger charge is 2.39. The van der Waals surface area contributed by atoms with Gasteiger partial charge in [-0.25, -0.2) is 0 Å². The molecule has 1 aromatic heterocycles. The van der Waals surface area contributed by atoms with Crippen LogP contribution in [0, 0.1) is 5.92 Å². The third-order valence-electron chi connectivity index (χ3n) is 5.46. The lowest BCUT2D eigenvalue weighted by Gasteiger charge is -2.37. The summed E-state index contributed by atoms with van der Waals surface area (Å²) in [6.07, 6.45) is 2.94. The second kappa shape index (κ2) is 8.15. The minimum absolute atomic E-state index is 0. The van der Waals surface area contributed by atoms with Crippen LogP contribution in [0.15, 0.2) is 47.1 Å². The Morgan fingerprint density at radius 3 is 2.59 bits per heavy atom. The molecule has 3 heterocycles. The molecule has 6 nitrogen and oxygen atoms in total. The van der Waals surface area contributed by atoms with E-state index in [-0.39, 0.29) is 30.0 Å². The number of nitrogens with zero attached hydrogens (tertiary/aromatic N) is 2. The van der Waals surface area contributed by atoms with Gasteiger partial charge in [-0.05, 0) is 42.1 Å². The lowest BCUT2D eigenvalue weighted by atomic mass is 9.93. The number of likely N-dealkylation sites (tertiary alicyclic amines) is 1. The Balaban J connectivity index is 0.00000210. The van der Waals surface area contributed by atoms with Crippen molar-refractivity contribution >= 4 is 24.2 Å². The molecule has 2 N–H and O–H groups in total. The third kappa shape index (κ3) is 3.73. The molecule has 0 bridgehead atoms. The lowest BCUT2D eigenvalue weighted by molar-refractivity contribution is -0.135. The zero-order chi connectivity index (χ0) is 18.1. The molecule has 7 heteroatoms. The molecule has 2 aromatic rings. The van der Waals surface area contributed by atoms with Crippen LogP contribution in [-0.2, 0) is 17.8 Å². The number of carbonyl (C=O) groups is 2. The zero-order valence-electron chi connectivity index (χ0n) is 15.0. The number of benzene rings is 1. The second-order valence-electron chi connectivity index (χ2n) is 7.07. The van der Waals surface area contributed by atoms with Crippen molar-refractivity contribution in [3.63, 3.8) is 0 Å². The molecule has 0 saturated carbocycles. The molecule has 2 atom stereocenters. The van der Waals surface area contributed by atoms with Crippen LogP contribution in [0.1, 0.15) is 28.1 Å². The molecule has 2 aliphatic rings. The van der Waals surface area contributed by atoms with E-state index in [0.717, 1.165) is 17.5 Å². The summed E-state index contributed by atoms with van der Waals surface area (Å²) < 4.78 is 5.29. The molecular formula is C20H24ClN3O3. The molecule has 4 rings (SSSR count). The molecule has 2 unspecified atom stereocenters. The van der Waals surface area contributed by atoms with Crippen molar-refractivity contribution in [1.82, 2.24) is 9.80 Å². The number of halogens is 1. The molecule has 1 saturated heterocycles. The van der Waals surface area contributed by atoms with Crippen LogP contribution in [0.3, 0.4) is 0 Å². The fraction of sp³-hybridized carbons (Fsp3) is 0.400. The Kier molecular flexibility index (Phi) is 5.87. The summed E-state index contributed by atoms with van der Waals surface area (Å²) in [5, 5.41) is 0. The molecular weight excluding hydrogens is 366 g/mol. The first-order valence-electron chi connectivity index (χ1n) is 9.07. The van der Waals surface area contributed by atoms with E-state index in [0.29, 0.717) is 38.5 Å². The SMILES string of the molecule is Cl.NCC1CCN(C(=O)C2Cc3ccccc3CN2C(=O)c2ccco2)C1. The predicted octanol–water partition coefficient (Wildman–Crippen LogP) is 2.08. The minimum Gasteiger partial charge on any atom is -0.459 e. The molecule has 27 heavy (non-hydrogen) atoms. The van der Waals surface area contributed by atoms with Gasteiger partial charge in [0.2, 0.25) is 5.91 Å². The van der Waals surface area contributed by atoms with Crippen molar-refractivity contribution < 1.29 is 14.0 Å². The molecule has 2 amide bonds. The van der Waals surface area contributed by atoms with E-state index < -0.39 is 6.04 Å². The van der Waals surface area contributed by atoms with Gasteiger partial charge in [-0.1, -0.05) is 24.3 Å². The molecule has 0 radical (unpaired) electrons. The van der Waals surface area contributed by atoms with Crippen LogP contribution < -0.4 is 5.73 Å². The Bertz CT molecular complexity index is 809. The average Bonchev–Trinajstić information content (AvgIpc) is 3.37. The topological polar surface area (TPSA) is 79.8 Å². The van der Waals surface area contributed by atoms with Gasteiger partial charge in [0.15, 0.2) is 5.76 Å². The monoisotopic (exact) mass is 389 g/mol. The second-order valence-corrected chi connectivity index (χ2v) is 7.07. The van der Waals surface area contributed by atoms with Gasteiger partial charge in [0.05, 0.1) is 6.26 Å². The number of hydrogen-bond donors (Lipinski definition) is 1. The highest BCUT2D eigenvalue weighted by Crippen LogP contribution is 2.28. The maximum absolute atomic E-state index is 13.2. The summed E-state index contributed by atoms with van der Waals surface area (Å²) in [5.74, 6) is 0.389. The van der Waals surface area contributed by atoms with Crippen LogP contribution in [0.25, 0.3) is 0 Å². The van der Waals surface area contributed by atoms with Crippen molar-refractivity contribution in [2.75, 3.05) is 19.6 Å². The van der Waals surface area contributed by atoms with Gasteiger partial charge in [-0.15, -0.1) is 12.4 Å². The van der Waals surface area contributed by atoms with E-state index in [1.807, 2.05) is 29.2 Å². The fourth-order valence-electron chi connectivity index (χ4n) is 3.93. The van der Waals surface area contributed by atoms with Crippen LogP contribution in [0.2, 0.25) is 0 Å². The number of fused-ring (bicyclic) bond motifs is 1. The molecule has 0 spiro atoms. The highest BCUT2D eigenvalue weighted by atomic mass is 35.5. The van der Waals surface area contributed by atoms with Gasteiger partial charge in [0, 0.05) is 26.1 Å². The number of hydrogen-bond acceptors (Lipinski definition) is 4. The summed E-state index contributed by atoms with van der Waals surface area (Å²) in [5.41, 5.74) is 7.97. The van der Waals surface area contributed by atoms with Crippen molar-refractivity contribution in [2.45, 2.75) is 25.4 Å². The summed E-state index contributed by atoms with van der Waals surface area (Å²) in [4.78, 5) is 29.7. The minimum atomic E-state index is -0.501. The van der Waals surface area contributed by atoms with Crippen LogP contribution in [0.4, 0.5) is 0 Å². The lowest BCUT2D eigenvalue weighted by Crippen LogP contribution is -2.53. The average molecular weight is 390 g/mol.